The summed E-state index contributed by atoms with van der Waals surface area (Å²) in [7, 11) is 1.82. The van der Waals surface area contributed by atoms with Gasteiger partial charge in [-0.25, -0.2) is 0 Å². The SMILES string of the molecule is CN=C(NCc1ccc(CN2CCCC2=O)cc1)NCC1(c2ccccc2)CCC1.I. The molecule has 0 unspecified atom stereocenters. The van der Waals surface area contributed by atoms with Crippen LogP contribution < -0.4 is 10.6 Å². The number of benzene rings is 2. The molecule has 0 bridgehead atoms. The Labute approximate surface area is 202 Å². The number of likely N-dealkylation sites (tertiary alicyclic amines) is 1. The van der Waals surface area contributed by atoms with Crippen LogP contribution in [0, 0.1) is 0 Å². The van der Waals surface area contributed by atoms with Crippen LogP contribution in [0.4, 0.5) is 0 Å². The Kier molecular flexibility index (Phi) is 8.35. The molecule has 5 nitrogen and oxygen atoms in total. The van der Waals surface area contributed by atoms with Crippen molar-refractivity contribution in [3.8, 4) is 0 Å². The quantitative estimate of drug-likeness (QED) is 0.319. The van der Waals surface area contributed by atoms with Crippen molar-refractivity contribution in [1.29, 1.82) is 0 Å². The van der Waals surface area contributed by atoms with E-state index >= 15 is 0 Å². The molecule has 1 amide bonds. The second-order valence-electron chi connectivity index (χ2n) is 8.51. The second kappa shape index (κ2) is 11.0. The van der Waals surface area contributed by atoms with E-state index in [-0.39, 0.29) is 35.3 Å². The summed E-state index contributed by atoms with van der Waals surface area (Å²) in [6, 6.07) is 19.3. The van der Waals surface area contributed by atoms with Crippen molar-refractivity contribution in [2.24, 2.45) is 4.99 Å². The smallest absolute Gasteiger partial charge is 0.222 e. The van der Waals surface area contributed by atoms with Gasteiger partial charge >= 0.3 is 0 Å². The van der Waals surface area contributed by atoms with E-state index in [4.69, 9.17) is 0 Å². The fourth-order valence-electron chi connectivity index (χ4n) is 4.48. The van der Waals surface area contributed by atoms with Gasteiger partial charge < -0.3 is 15.5 Å². The number of hydrogen-bond acceptors (Lipinski definition) is 2. The molecule has 2 N–H and O–H groups in total. The predicted molar refractivity (Wildman–Crippen MR) is 137 cm³/mol. The summed E-state index contributed by atoms with van der Waals surface area (Å²) in [5.41, 5.74) is 4.04. The number of guanidine groups is 1. The summed E-state index contributed by atoms with van der Waals surface area (Å²) in [6.07, 6.45) is 5.42. The third-order valence-corrected chi connectivity index (χ3v) is 6.54. The molecule has 0 aromatic heterocycles. The lowest BCUT2D eigenvalue weighted by molar-refractivity contribution is -0.128. The molecule has 0 atom stereocenters. The largest absolute Gasteiger partial charge is 0.356 e. The highest BCUT2D eigenvalue weighted by atomic mass is 127. The van der Waals surface area contributed by atoms with Gasteiger partial charge in [0.2, 0.25) is 5.91 Å². The van der Waals surface area contributed by atoms with Crippen LogP contribution in [0.2, 0.25) is 0 Å². The fourth-order valence-corrected chi connectivity index (χ4v) is 4.48. The third-order valence-electron chi connectivity index (χ3n) is 6.54. The van der Waals surface area contributed by atoms with Crippen LogP contribution in [0.1, 0.15) is 48.8 Å². The summed E-state index contributed by atoms with van der Waals surface area (Å²) in [5, 5.41) is 6.97. The van der Waals surface area contributed by atoms with Crippen LogP contribution in [0.5, 0.6) is 0 Å². The highest BCUT2D eigenvalue weighted by Crippen LogP contribution is 2.43. The second-order valence-corrected chi connectivity index (χ2v) is 8.51. The van der Waals surface area contributed by atoms with E-state index in [9.17, 15) is 4.79 Å². The molecule has 2 fully saturated rings. The van der Waals surface area contributed by atoms with Crippen molar-refractivity contribution in [2.75, 3.05) is 20.1 Å². The number of aliphatic imine (C=N–C) groups is 1. The van der Waals surface area contributed by atoms with E-state index in [0.29, 0.717) is 6.42 Å². The first-order chi connectivity index (χ1) is 14.7. The van der Waals surface area contributed by atoms with Crippen LogP contribution in [-0.2, 0) is 23.3 Å². The van der Waals surface area contributed by atoms with Crippen LogP contribution in [0.15, 0.2) is 59.6 Å². The summed E-state index contributed by atoms with van der Waals surface area (Å²) < 4.78 is 0. The van der Waals surface area contributed by atoms with E-state index in [0.717, 1.165) is 38.6 Å². The molecule has 1 saturated heterocycles. The van der Waals surface area contributed by atoms with E-state index in [1.54, 1.807) is 0 Å². The molecule has 1 aliphatic heterocycles. The van der Waals surface area contributed by atoms with Gasteiger partial charge in [0.15, 0.2) is 5.96 Å². The lowest BCUT2D eigenvalue weighted by Gasteiger charge is -2.43. The normalized spacial score (nSPS) is 17.6. The molecule has 2 aromatic rings. The van der Waals surface area contributed by atoms with E-state index in [2.05, 4.69) is 70.2 Å². The van der Waals surface area contributed by atoms with Gasteiger partial charge in [-0.2, -0.15) is 0 Å². The van der Waals surface area contributed by atoms with Crippen LogP contribution in [0.3, 0.4) is 0 Å². The summed E-state index contributed by atoms with van der Waals surface area (Å²) >= 11 is 0. The highest BCUT2D eigenvalue weighted by Gasteiger charge is 2.38. The van der Waals surface area contributed by atoms with E-state index < -0.39 is 0 Å². The number of hydrogen-bond donors (Lipinski definition) is 2. The maximum Gasteiger partial charge on any atom is 0.222 e. The van der Waals surface area contributed by atoms with Gasteiger partial charge in [-0.1, -0.05) is 61.0 Å². The number of nitrogens with one attached hydrogen (secondary N) is 2. The minimum Gasteiger partial charge on any atom is -0.356 e. The lowest BCUT2D eigenvalue weighted by Crippen LogP contribution is -2.48. The first-order valence-corrected chi connectivity index (χ1v) is 11.0. The molecular formula is C25H33IN4O. The lowest BCUT2D eigenvalue weighted by atomic mass is 9.64. The summed E-state index contributed by atoms with van der Waals surface area (Å²) in [5.74, 6) is 1.11. The summed E-state index contributed by atoms with van der Waals surface area (Å²) in [6.45, 7) is 3.23. The summed E-state index contributed by atoms with van der Waals surface area (Å²) in [4.78, 5) is 18.1. The standard InChI is InChI=1S/C25H32N4O.HI/c1-26-24(28-19-25(14-6-15-25)22-7-3-2-4-8-22)27-17-20-10-12-21(13-11-20)18-29-16-5-9-23(29)30;/h2-4,7-8,10-13H,5-6,9,14-19H2,1H3,(H2,26,27,28);1H. The Bertz CT molecular complexity index is 878. The van der Waals surface area contributed by atoms with Crippen LogP contribution in [-0.4, -0.2) is 36.9 Å². The van der Waals surface area contributed by atoms with Gasteiger partial charge in [0.05, 0.1) is 0 Å². The molecule has 1 heterocycles. The minimum absolute atomic E-state index is 0. The third kappa shape index (κ3) is 5.79. The zero-order valence-corrected chi connectivity index (χ0v) is 20.6. The van der Waals surface area contributed by atoms with Crippen LogP contribution >= 0.6 is 24.0 Å². The fraction of sp³-hybridized carbons (Fsp3) is 0.440. The zero-order chi connectivity index (χ0) is 20.8. The van der Waals surface area contributed by atoms with Crippen molar-refractivity contribution in [3.63, 3.8) is 0 Å². The molecule has 4 rings (SSSR count). The van der Waals surface area contributed by atoms with Gasteiger partial charge in [0.1, 0.15) is 0 Å². The van der Waals surface area contributed by atoms with Crippen molar-refractivity contribution in [3.05, 3.63) is 71.3 Å². The van der Waals surface area contributed by atoms with Crippen molar-refractivity contribution in [2.45, 2.75) is 50.6 Å². The molecular weight excluding hydrogens is 499 g/mol. The number of carbonyl (C=O) groups excluding carboxylic acids is 1. The molecule has 2 aliphatic rings. The molecule has 0 spiro atoms. The molecule has 1 saturated carbocycles. The number of halogens is 1. The average molecular weight is 532 g/mol. The number of nitrogens with zero attached hydrogens (tertiary/aromatic N) is 2. The zero-order valence-electron chi connectivity index (χ0n) is 18.3. The Hall–Kier alpha value is -2.09. The Balaban J connectivity index is 0.00000272. The van der Waals surface area contributed by atoms with E-state index in [1.807, 2.05) is 11.9 Å². The molecule has 31 heavy (non-hydrogen) atoms. The molecule has 166 valence electrons. The Morgan fingerprint density at radius 2 is 1.71 bits per heavy atom. The average Bonchev–Trinajstić information content (AvgIpc) is 3.15. The topological polar surface area (TPSA) is 56.7 Å². The van der Waals surface area contributed by atoms with Crippen molar-refractivity contribution in [1.82, 2.24) is 15.5 Å². The predicted octanol–water partition coefficient (Wildman–Crippen LogP) is 4.21. The number of carbonyl (C=O) groups is 1. The van der Waals surface area contributed by atoms with Gasteiger partial charge in [-0.3, -0.25) is 9.79 Å². The first kappa shape index (κ1) is 23.6. The molecule has 6 heteroatoms. The van der Waals surface area contributed by atoms with Gasteiger partial charge in [0, 0.05) is 45.1 Å². The minimum atomic E-state index is 0. The van der Waals surface area contributed by atoms with E-state index in [1.165, 1.54) is 36.0 Å². The maximum absolute atomic E-state index is 11.8. The molecule has 1 aliphatic carbocycles. The molecule has 0 radical (unpaired) electrons. The van der Waals surface area contributed by atoms with Crippen molar-refractivity contribution >= 4 is 35.8 Å². The number of amides is 1. The maximum atomic E-state index is 11.8. The van der Waals surface area contributed by atoms with Gasteiger partial charge in [-0.05, 0) is 36.0 Å². The Morgan fingerprint density at radius 3 is 2.29 bits per heavy atom. The van der Waals surface area contributed by atoms with Crippen molar-refractivity contribution < 1.29 is 4.79 Å². The number of rotatable bonds is 7. The molecule has 2 aromatic carbocycles. The monoisotopic (exact) mass is 532 g/mol. The van der Waals surface area contributed by atoms with Gasteiger partial charge in [0.25, 0.3) is 0 Å². The Morgan fingerprint density at radius 1 is 1.00 bits per heavy atom. The van der Waals surface area contributed by atoms with Gasteiger partial charge in [-0.15, -0.1) is 24.0 Å². The van der Waals surface area contributed by atoms with Crippen LogP contribution in [0.25, 0.3) is 0 Å². The highest BCUT2D eigenvalue weighted by molar-refractivity contribution is 14.0. The first-order valence-electron chi connectivity index (χ1n) is 11.0.